The van der Waals surface area contributed by atoms with Gasteiger partial charge in [-0.05, 0) is 44.6 Å². The van der Waals surface area contributed by atoms with Gasteiger partial charge in [-0.3, -0.25) is 4.79 Å². The third kappa shape index (κ3) is 3.84. The van der Waals surface area contributed by atoms with Crippen LogP contribution in [0.4, 0.5) is 5.82 Å². The maximum absolute atomic E-state index is 12.8. The molecule has 1 aliphatic carbocycles. The summed E-state index contributed by atoms with van der Waals surface area (Å²) in [6.07, 6.45) is 10.0. The van der Waals surface area contributed by atoms with Gasteiger partial charge in [0, 0.05) is 49.1 Å². The van der Waals surface area contributed by atoms with Crippen molar-refractivity contribution < 1.29 is 9.53 Å². The zero-order valence-corrected chi connectivity index (χ0v) is 18.0. The second kappa shape index (κ2) is 8.57. The summed E-state index contributed by atoms with van der Waals surface area (Å²) < 4.78 is 7.39. The van der Waals surface area contributed by atoms with E-state index in [4.69, 9.17) is 14.8 Å². The van der Waals surface area contributed by atoms with Crippen molar-refractivity contribution in [3.05, 3.63) is 53.5 Å². The van der Waals surface area contributed by atoms with Crippen LogP contribution >= 0.6 is 0 Å². The summed E-state index contributed by atoms with van der Waals surface area (Å²) in [5.41, 5.74) is 4.76. The summed E-state index contributed by atoms with van der Waals surface area (Å²) in [7, 11) is 1.66. The maximum Gasteiger partial charge on any atom is 0.223 e. The number of amides is 1. The van der Waals surface area contributed by atoms with Crippen LogP contribution in [0, 0.1) is 5.92 Å². The molecule has 1 fully saturated rings. The number of carbonyl (C=O) groups is 1. The van der Waals surface area contributed by atoms with Crippen molar-refractivity contribution in [2.75, 3.05) is 25.1 Å². The van der Waals surface area contributed by atoms with Gasteiger partial charge < -0.3 is 15.0 Å². The van der Waals surface area contributed by atoms with Gasteiger partial charge in [-0.25, -0.2) is 9.50 Å². The van der Waals surface area contributed by atoms with E-state index in [0.29, 0.717) is 6.54 Å². The molecule has 31 heavy (non-hydrogen) atoms. The molecule has 0 atom stereocenters. The van der Waals surface area contributed by atoms with Gasteiger partial charge >= 0.3 is 0 Å². The molecule has 0 spiro atoms. The zero-order valence-electron chi connectivity index (χ0n) is 18.0. The predicted molar refractivity (Wildman–Crippen MR) is 119 cm³/mol. The summed E-state index contributed by atoms with van der Waals surface area (Å²) in [5.74, 6) is 1.98. The topological polar surface area (TPSA) is 71.8 Å². The quantitative estimate of drug-likeness (QED) is 0.688. The molecule has 0 saturated carbocycles. The van der Waals surface area contributed by atoms with Crippen molar-refractivity contribution in [2.24, 2.45) is 5.92 Å². The molecular formula is C24H29N5O2. The number of rotatable bonds is 5. The van der Waals surface area contributed by atoms with E-state index in [1.54, 1.807) is 7.11 Å². The van der Waals surface area contributed by atoms with Crippen LogP contribution in [0.1, 0.15) is 42.5 Å². The summed E-state index contributed by atoms with van der Waals surface area (Å²) in [4.78, 5) is 19.8. The first-order chi connectivity index (χ1) is 15.2. The summed E-state index contributed by atoms with van der Waals surface area (Å²) in [5, 5.41) is 7.89. The van der Waals surface area contributed by atoms with Gasteiger partial charge in [0.2, 0.25) is 5.91 Å². The van der Waals surface area contributed by atoms with Crippen molar-refractivity contribution in [3.8, 4) is 5.75 Å². The summed E-state index contributed by atoms with van der Waals surface area (Å²) in [6, 6.07) is 7.81. The Kier molecular flexibility index (Phi) is 5.49. The first kappa shape index (κ1) is 19.8. The minimum absolute atomic E-state index is 0.0320. The van der Waals surface area contributed by atoms with Crippen LogP contribution < -0.4 is 15.0 Å². The number of aryl methyl sites for hydroxylation is 2. The number of methoxy groups -OCH3 is 1. The highest BCUT2D eigenvalue weighted by atomic mass is 16.5. The molecule has 1 aromatic carbocycles. The van der Waals surface area contributed by atoms with Gasteiger partial charge in [0.05, 0.1) is 12.8 Å². The highest BCUT2D eigenvalue weighted by Gasteiger charge is 2.28. The first-order valence-electron chi connectivity index (χ1n) is 11.2. The molecular weight excluding hydrogens is 390 g/mol. The lowest BCUT2D eigenvalue weighted by atomic mass is 9.94. The van der Waals surface area contributed by atoms with Crippen molar-refractivity contribution >= 4 is 17.2 Å². The van der Waals surface area contributed by atoms with Crippen molar-refractivity contribution in [1.29, 1.82) is 0 Å². The van der Waals surface area contributed by atoms with Crippen LogP contribution in [-0.2, 0) is 24.2 Å². The second-order valence-electron chi connectivity index (χ2n) is 8.47. The molecule has 7 nitrogen and oxygen atoms in total. The molecule has 1 aliphatic heterocycles. The number of ether oxygens (including phenoxy) is 1. The van der Waals surface area contributed by atoms with Crippen LogP contribution in [0.25, 0.3) is 5.52 Å². The maximum atomic E-state index is 12.8. The fourth-order valence-corrected chi connectivity index (χ4v) is 4.91. The Morgan fingerprint density at radius 1 is 1.19 bits per heavy atom. The van der Waals surface area contributed by atoms with Crippen molar-refractivity contribution in [3.63, 3.8) is 0 Å². The number of hydrogen-bond acceptors (Lipinski definition) is 5. The number of nitrogens with one attached hydrogen (secondary N) is 1. The van der Waals surface area contributed by atoms with Gasteiger partial charge in [-0.1, -0.05) is 18.2 Å². The van der Waals surface area contributed by atoms with E-state index in [1.807, 2.05) is 41.2 Å². The summed E-state index contributed by atoms with van der Waals surface area (Å²) >= 11 is 0. The van der Waals surface area contributed by atoms with Crippen LogP contribution in [-0.4, -0.2) is 40.7 Å². The van der Waals surface area contributed by atoms with E-state index >= 15 is 0 Å². The number of anilines is 1. The van der Waals surface area contributed by atoms with Crippen LogP contribution in [0.3, 0.4) is 0 Å². The average molecular weight is 420 g/mol. The standard InChI is InChI=1S/C24H29N5O2/c1-31-21-9-5-2-6-18(21)16-26-24(30)17-10-13-28(14-11-17)23-22-19-7-3-4-8-20(19)27-29(22)15-12-25-23/h2,5-6,9,12,15,17H,3-4,7-8,10-11,13-14,16H2,1H3,(H,26,30). The lowest BCUT2D eigenvalue weighted by Gasteiger charge is -2.32. The average Bonchev–Trinajstić information content (AvgIpc) is 3.21. The Hall–Kier alpha value is -3.09. The molecule has 3 heterocycles. The lowest BCUT2D eigenvalue weighted by molar-refractivity contribution is -0.125. The molecule has 5 rings (SSSR count). The van der Waals surface area contributed by atoms with E-state index in [0.717, 1.165) is 61.4 Å². The number of para-hydroxylation sites is 1. The fourth-order valence-electron chi connectivity index (χ4n) is 4.91. The first-order valence-corrected chi connectivity index (χ1v) is 11.2. The minimum atomic E-state index is 0.0320. The number of piperidine rings is 1. The van der Waals surface area contributed by atoms with Crippen molar-refractivity contribution in [1.82, 2.24) is 19.9 Å². The van der Waals surface area contributed by atoms with Gasteiger partial charge in [-0.15, -0.1) is 0 Å². The van der Waals surface area contributed by atoms with Gasteiger partial charge in [0.25, 0.3) is 0 Å². The monoisotopic (exact) mass is 419 g/mol. The van der Waals surface area contributed by atoms with Gasteiger partial charge in [-0.2, -0.15) is 5.10 Å². The smallest absolute Gasteiger partial charge is 0.223 e. The highest BCUT2D eigenvalue weighted by molar-refractivity contribution is 5.79. The second-order valence-corrected chi connectivity index (χ2v) is 8.47. The lowest BCUT2D eigenvalue weighted by Crippen LogP contribution is -2.40. The number of fused-ring (bicyclic) bond motifs is 3. The van der Waals surface area contributed by atoms with E-state index in [1.165, 1.54) is 24.1 Å². The Balaban J connectivity index is 1.25. The normalized spacial score (nSPS) is 16.9. The number of nitrogens with zero attached hydrogens (tertiary/aromatic N) is 4. The van der Waals surface area contributed by atoms with Gasteiger partial charge in [0.15, 0.2) is 5.82 Å². The van der Waals surface area contributed by atoms with Crippen molar-refractivity contribution in [2.45, 2.75) is 45.1 Å². The number of aromatic nitrogens is 3. The predicted octanol–water partition coefficient (Wildman–Crippen LogP) is 3.15. The molecule has 1 saturated heterocycles. The number of benzene rings is 1. The molecule has 162 valence electrons. The molecule has 2 aliphatic rings. The molecule has 2 aromatic heterocycles. The Labute approximate surface area is 182 Å². The van der Waals surface area contributed by atoms with Crippen LogP contribution in [0.15, 0.2) is 36.7 Å². The Bertz CT molecular complexity index is 1080. The molecule has 3 aromatic rings. The number of hydrogen-bond donors (Lipinski definition) is 1. The molecule has 1 amide bonds. The zero-order chi connectivity index (χ0) is 21.2. The van der Waals surface area contributed by atoms with Gasteiger partial charge in [0.1, 0.15) is 11.3 Å². The molecule has 0 unspecified atom stereocenters. The Morgan fingerprint density at radius 3 is 2.84 bits per heavy atom. The van der Waals surface area contributed by atoms with Crippen LogP contribution in [0.2, 0.25) is 0 Å². The van der Waals surface area contributed by atoms with E-state index in [2.05, 4.69) is 10.2 Å². The highest BCUT2D eigenvalue weighted by Crippen LogP contribution is 2.32. The molecule has 1 N–H and O–H groups in total. The van der Waals surface area contributed by atoms with E-state index in [9.17, 15) is 4.79 Å². The van der Waals surface area contributed by atoms with E-state index in [-0.39, 0.29) is 11.8 Å². The molecule has 0 bridgehead atoms. The van der Waals surface area contributed by atoms with E-state index < -0.39 is 0 Å². The fraction of sp³-hybridized carbons (Fsp3) is 0.458. The molecule has 0 radical (unpaired) electrons. The SMILES string of the molecule is COc1ccccc1CNC(=O)C1CCN(c2nccn3nc4c(c23)CCCC4)CC1. The van der Waals surface area contributed by atoms with Crippen LogP contribution in [0.5, 0.6) is 5.75 Å². The number of carbonyl (C=O) groups excluding carboxylic acids is 1. The third-order valence-corrected chi connectivity index (χ3v) is 6.61. The third-order valence-electron chi connectivity index (χ3n) is 6.61. The molecule has 7 heteroatoms. The minimum Gasteiger partial charge on any atom is -0.496 e. The Morgan fingerprint density at radius 2 is 2.00 bits per heavy atom. The summed E-state index contributed by atoms with van der Waals surface area (Å²) in [6.45, 7) is 2.16. The largest absolute Gasteiger partial charge is 0.496 e.